The highest BCUT2D eigenvalue weighted by molar-refractivity contribution is 5.94. The Kier molecular flexibility index (Phi) is 7.63. The number of methoxy groups -OCH3 is 1. The molecule has 2 aliphatic rings. The van der Waals surface area contributed by atoms with E-state index in [4.69, 9.17) is 4.74 Å². The fourth-order valence-electron chi connectivity index (χ4n) is 4.92. The number of anilines is 2. The molecule has 2 fully saturated rings. The summed E-state index contributed by atoms with van der Waals surface area (Å²) in [5.74, 6) is 2.83. The van der Waals surface area contributed by atoms with Crippen molar-refractivity contribution in [1.82, 2.24) is 9.88 Å². The molecule has 1 saturated carbocycles. The number of rotatable bonds is 7. The Balaban J connectivity index is 1.36. The minimum atomic E-state index is 0.135. The number of hydrogen-bond acceptors (Lipinski definition) is 5. The van der Waals surface area contributed by atoms with Gasteiger partial charge in [0, 0.05) is 51.4 Å². The number of carbonyl (C=O) groups is 1. The van der Waals surface area contributed by atoms with E-state index in [2.05, 4.69) is 33.8 Å². The van der Waals surface area contributed by atoms with Crippen LogP contribution in [0.25, 0.3) is 0 Å². The summed E-state index contributed by atoms with van der Waals surface area (Å²) >= 11 is 0. The van der Waals surface area contributed by atoms with Crippen LogP contribution in [0.1, 0.15) is 32.6 Å². The molecule has 6 nitrogen and oxygen atoms in total. The van der Waals surface area contributed by atoms with E-state index in [1.807, 2.05) is 35.2 Å². The Labute approximate surface area is 192 Å². The molecule has 0 radical (unpaired) electrons. The van der Waals surface area contributed by atoms with Crippen LogP contribution in [0, 0.1) is 11.8 Å². The normalized spacial score (nSPS) is 21.9. The minimum absolute atomic E-state index is 0.135. The van der Waals surface area contributed by atoms with Crippen molar-refractivity contribution in [3.8, 4) is 5.75 Å². The number of nitrogens with zero attached hydrogens (tertiary/aromatic N) is 4. The van der Waals surface area contributed by atoms with Crippen LogP contribution in [0.4, 0.5) is 11.5 Å². The lowest BCUT2D eigenvalue weighted by atomic mass is 9.82. The summed E-state index contributed by atoms with van der Waals surface area (Å²) < 4.78 is 5.54. The Morgan fingerprint density at radius 1 is 1.03 bits per heavy atom. The molecule has 172 valence electrons. The number of pyridine rings is 1. The van der Waals surface area contributed by atoms with Crippen LogP contribution in [0.3, 0.4) is 0 Å². The van der Waals surface area contributed by atoms with Crippen molar-refractivity contribution in [3.05, 3.63) is 48.7 Å². The molecule has 32 heavy (non-hydrogen) atoms. The van der Waals surface area contributed by atoms with E-state index in [0.29, 0.717) is 6.54 Å². The first-order valence-electron chi connectivity index (χ1n) is 12.0. The summed E-state index contributed by atoms with van der Waals surface area (Å²) in [5.41, 5.74) is 1.16. The van der Waals surface area contributed by atoms with E-state index in [9.17, 15) is 4.79 Å². The first kappa shape index (κ1) is 22.6. The topological polar surface area (TPSA) is 48.9 Å². The zero-order chi connectivity index (χ0) is 22.3. The maximum absolute atomic E-state index is 13.4. The van der Waals surface area contributed by atoms with Gasteiger partial charge in [-0.05, 0) is 55.9 Å². The summed E-state index contributed by atoms with van der Waals surface area (Å²) in [4.78, 5) is 24.7. The number of hydrogen-bond donors (Lipinski definition) is 0. The highest BCUT2D eigenvalue weighted by Crippen LogP contribution is 2.31. The Morgan fingerprint density at radius 2 is 1.75 bits per heavy atom. The Hall–Kier alpha value is -2.60. The molecule has 0 spiro atoms. The third-order valence-electron chi connectivity index (χ3n) is 6.99. The highest BCUT2D eigenvalue weighted by Gasteiger charge is 2.30. The minimum Gasteiger partial charge on any atom is -0.495 e. The van der Waals surface area contributed by atoms with Crippen molar-refractivity contribution in [1.29, 1.82) is 0 Å². The van der Waals surface area contributed by atoms with Gasteiger partial charge < -0.3 is 9.64 Å². The predicted molar refractivity (Wildman–Crippen MR) is 129 cm³/mol. The van der Waals surface area contributed by atoms with Crippen LogP contribution < -0.4 is 14.5 Å². The van der Waals surface area contributed by atoms with Crippen LogP contribution in [-0.2, 0) is 4.79 Å². The average Bonchev–Trinajstić information content (AvgIpc) is 2.85. The van der Waals surface area contributed by atoms with Gasteiger partial charge >= 0.3 is 0 Å². The van der Waals surface area contributed by atoms with Crippen molar-refractivity contribution in [3.63, 3.8) is 0 Å². The monoisotopic (exact) mass is 436 g/mol. The molecule has 1 aromatic carbocycles. The number of aromatic nitrogens is 1. The molecule has 1 saturated heterocycles. The van der Waals surface area contributed by atoms with Crippen LogP contribution >= 0.6 is 0 Å². The molecule has 1 aliphatic carbocycles. The second kappa shape index (κ2) is 10.8. The fourth-order valence-corrected chi connectivity index (χ4v) is 4.92. The summed E-state index contributed by atoms with van der Waals surface area (Å²) in [6, 6.07) is 14.1. The molecule has 1 amide bonds. The van der Waals surface area contributed by atoms with Crippen molar-refractivity contribution in [2.75, 3.05) is 56.2 Å². The van der Waals surface area contributed by atoms with Gasteiger partial charge in [-0.1, -0.05) is 25.1 Å². The smallest absolute Gasteiger partial charge is 0.231 e. The van der Waals surface area contributed by atoms with Crippen molar-refractivity contribution >= 4 is 17.4 Å². The zero-order valence-corrected chi connectivity index (χ0v) is 19.4. The van der Waals surface area contributed by atoms with Gasteiger partial charge in [0.1, 0.15) is 11.6 Å². The molecule has 0 N–H and O–H groups in total. The van der Waals surface area contributed by atoms with E-state index in [1.165, 1.54) is 0 Å². The van der Waals surface area contributed by atoms with Gasteiger partial charge in [-0.3, -0.25) is 14.6 Å². The third-order valence-corrected chi connectivity index (χ3v) is 6.99. The number of carbonyl (C=O) groups excluding carboxylic acids is 1. The van der Waals surface area contributed by atoms with Gasteiger partial charge in [0.2, 0.25) is 5.91 Å². The maximum atomic E-state index is 13.4. The van der Waals surface area contributed by atoms with E-state index < -0.39 is 0 Å². The molecular formula is C26H36N4O2. The third kappa shape index (κ3) is 5.41. The standard InChI is InChI=1S/C26H36N4O2/c1-21-10-12-22(13-11-21)26(31)30(25-9-5-6-14-27-25)20-17-28-15-18-29(19-16-28)23-7-3-4-8-24(23)32-2/h3-9,14,21-22H,10-13,15-20H2,1-2H3/t21-,22+. The van der Waals surface area contributed by atoms with Crippen molar-refractivity contribution in [2.45, 2.75) is 32.6 Å². The van der Waals surface area contributed by atoms with E-state index >= 15 is 0 Å². The number of piperazine rings is 1. The van der Waals surface area contributed by atoms with Gasteiger partial charge in [-0.15, -0.1) is 0 Å². The lowest BCUT2D eigenvalue weighted by Gasteiger charge is -2.38. The first-order valence-corrected chi connectivity index (χ1v) is 12.0. The highest BCUT2D eigenvalue weighted by atomic mass is 16.5. The van der Waals surface area contributed by atoms with Crippen LogP contribution in [0.15, 0.2) is 48.7 Å². The molecule has 2 heterocycles. The molecule has 4 rings (SSSR count). The predicted octanol–water partition coefficient (Wildman–Crippen LogP) is 4.07. The second-order valence-electron chi connectivity index (χ2n) is 9.14. The van der Waals surface area contributed by atoms with Gasteiger partial charge in [-0.25, -0.2) is 4.98 Å². The van der Waals surface area contributed by atoms with Crippen LogP contribution in [0.2, 0.25) is 0 Å². The number of ether oxygens (including phenoxy) is 1. The van der Waals surface area contributed by atoms with Gasteiger partial charge in [-0.2, -0.15) is 0 Å². The first-order chi connectivity index (χ1) is 15.7. The molecule has 0 bridgehead atoms. The van der Waals surface area contributed by atoms with E-state index in [-0.39, 0.29) is 11.8 Å². The maximum Gasteiger partial charge on any atom is 0.231 e. The quantitative estimate of drug-likeness (QED) is 0.655. The summed E-state index contributed by atoms with van der Waals surface area (Å²) in [7, 11) is 1.73. The molecular weight excluding hydrogens is 400 g/mol. The molecule has 0 unspecified atom stereocenters. The molecule has 1 aromatic heterocycles. The number of para-hydroxylation sites is 2. The SMILES string of the molecule is COc1ccccc1N1CCN(CCN(c2ccccn2)C(=O)[C@H]2CC[C@@H](C)CC2)CC1. The second-order valence-corrected chi connectivity index (χ2v) is 9.14. The summed E-state index contributed by atoms with van der Waals surface area (Å²) in [6.45, 7) is 7.72. The fraction of sp³-hybridized carbons (Fsp3) is 0.538. The molecule has 6 heteroatoms. The lowest BCUT2D eigenvalue weighted by molar-refractivity contribution is -0.123. The summed E-state index contributed by atoms with van der Waals surface area (Å²) in [5, 5.41) is 0. The zero-order valence-electron chi connectivity index (χ0n) is 19.4. The van der Waals surface area contributed by atoms with Gasteiger partial charge in [0.15, 0.2) is 0 Å². The Morgan fingerprint density at radius 3 is 2.44 bits per heavy atom. The van der Waals surface area contributed by atoms with Crippen molar-refractivity contribution < 1.29 is 9.53 Å². The number of amides is 1. The molecule has 1 aliphatic heterocycles. The molecule has 0 atom stereocenters. The van der Waals surface area contributed by atoms with E-state index in [0.717, 1.165) is 81.6 Å². The summed E-state index contributed by atoms with van der Waals surface area (Å²) in [6.07, 6.45) is 6.08. The van der Waals surface area contributed by atoms with E-state index in [1.54, 1.807) is 13.3 Å². The average molecular weight is 437 g/mol. The molecule has 2 aromatic rings. The van der Waals surface area contributed by atoms with Gasteiger partial charge in [0.05, 0.1) is 12.8 Å². The van der Waals surface area contributed by atoms with Crippen LogP contribution in [-0.4, -0.2) is 62.2 Å². The lowest BCUT2D eigenvalue weighted by Crippen LogP contribution is -2.50. The largest absolute Gasteiger partial charge is 0.495 e. The van der Waals surface area contributed by atoms with Crippen molar-refractivity contribution in [2.24, 2.45) is 11.8 Å². The number of benzene rings is 1. The van der Waals surface area contributed by atoms with Gasteiger partial charge in [0.25, 0.3) is 0 Å². The van der Waals surface area contributed by atoms with Crippen LogP contribution in [0.5, 0.6) is 5.75 Å². The Bertz CT molecular complexity index is 859.